The van der Waals surface area contributed by atoms with Gasteiger partial charge in [0.05, 0.1) is 26.4 Å². The number of rotatable bonds is 9. The Morgan fingerprint density at radius 3 is 2.57 bits per heavy atom. The summed E-state index contributed by atoms with van der Waals surface area (Å²) in [7, 11) is -3.15. The molecule has 2 unspecified atom stereocenters. The first-order valence-corrected chi connectivity index (χ1v) is 16.2. The lowest BCUT2D eigenvalue weighted by atomic mass is 9.93. The van der Waals surface area contributed by atoms with Crippen molar-refractivity contribution >= 4 is 43.2 Å². The van der Waals surface area contributed by atoms with Gasteiger partial charge in [0.25, 0.3) is 0 Å². The maximum Gasteiger partial charge on any atom is 0.224 e. The standard InChI is InChI=1S/C27H36N6O2S2/c1-15-21(25-32-23-20(36-25)11-12-28-22(23)17-7-8-17)24(33-26(30-15)29-14-16-5-6-16)31-19-10-9-18(13-19)27(2,3)37(4,34)35/h11-12,16-19H,5-10,13-14H2,1-4H3,(H2,29,30,31,33). The minimum atomic E-state index is -3.15. The highest BCUT2D eigenvalue weighted by molar-refractivity contribution is 7.92. The highest BCUT2D eigenvalue weighted by Crippen LogP contribution is 2.45. The Hall–Kier alpha value is -2.33. The molecule has 0 saturated heterocycles. The minimum absolute atomic E-state index is 0.105. The molecule has 0 bridgehead atoms. The molecule has 0 spiro atoms. The molecule has 3 aromatic heterocycles. The molecule has 6 rings (SSSR count). The van der Waals surface area contributed by atoms with Crippen LogP contribution in [0, 0.1) is 18.8 Å². The first-order chi connectivity index (χ1) is 17.6. The van der Waals surface area contributed by atoms with Crippen molar-refractivity contribution in [2.24, 2.45) is 11.8 Å². The minimum Gasteiger partial charge on any atom is -0.367 e. The number of anilines is 2. The van der Waals surface area contributed by atoms with E-state index in [1.54, 1.807) is 11.3 Å². The summed E-state index contributed by atoms with van der Waals surface area (Å²) in [5, 5.41) is 8.05. The molecular formula is C27H36N6O2S2. The molecule has 2 atom stereocenters. The number of hydrogen-bond donors (Lipinski definition) is 2. The van der Waals surface area contributed by atoms with Crippen molar-refractivity contribution in [3.63, 3.8) is 0 Å². The van der Waals surface area contributed by atoms with Crippen molar-refractivity contribution in [3.05, 3.63) is 23.7 Å². The van der Waals surface area contributed by atoms with Crippen LogP contribution in [0.3, 0.4) is 0 Å². The van der Waals surface area contributed by atoms with E-state index < -0.39 is 14.6 Å². The van der Waals surface area contributed by atoms with Gasteiger partial charge in [-0.1, -0.05) is 0 Å². The molecule has 0 amide bonds. The van der Waals surface area contributed by atoms with Gasteiger partial charge in [0.1, 0.15) is 16.3 Å². The van der Waals surface area contributed by atoms with E-state index in [2.05, 4.69) is 15.6 Å². The van der Waals surface area contributed by atoms with E-state index in [1.165, 1.54) is 31.9 Å². The highest BCUT2D eigenvalue weighted by Gasteiger charge is 2.43. The average Bonchev–Trinajstić information content (AvgIpc) is 3.75. The van der Waals surface area contributed by atoms with Gasteiger partial charge in [-0.3, -0.25) is 4.98 Å². The summed E-state index contributed by atoms with van der Waals surface area (Å²) < 4.78 is 25.3. The number of aryl methyl sites for hydroxylation is 1. The van der Waals surface area contributed by atoms with Crippen molar-refractivity contribution in [1.29, 1.82) is 0 Å². The summed E-state index contributed by atoms with van der Waals surface area (Å²) in [5.74, 6) is 2.77. The topological polar surface area (TPSA) is 110 Å². The summed E-state index contributed by atoms with van der Waals surface area (Å²) >= 11 is 1.67. The van der Waals surface area contributed by atoms with Gasteiger partial charge in [-0.25, -0.2) is 18.4 Å². The molecule has 3 heterocycles. The van der Waals surface area contributed by atoms with Crippen LogP contribution < -0.4 is 10.6 Å². The lowest BCUT2D eigenvalue weighted by molar-refractivity contribution is 0.404. The second-order valence-corrected chi connectivity index (χ2v) is 15.4. The zero-order valence-corrected chi connectivity index (χ0v) is 23.7. The van der Waals surface area contributed by atoms with Gasteiger partial charge in [0.15, 0.2) is 9.84 Å². The molecule has 37 heavy (non-hydrogen) atoms. The zero-order chi connectivity index (χ0) is 25.9. The molecule has 8 nitrogen and oxygen atoms in total. The van der Waals surface area contributed by atoms with Gasteiger partial charge in [0, 0.05) is 31.0 Å². The first-order valence-electron chi connectivity index (χ1n) is 13.4. The summed E-state index contributed by atoms with van der Waals surface area (Å²) in [6, 6.07) is 2.19. The second kappa shape index (κ2) is 9.15. The molecule has 3 saturated carbocycles. The molecule has 198 valence electrons. The molecule has 3 aliphatic carbocycles. The Kier molecular flexibility index (Phi) is 6.18. The lowest BCUT2D eigenvalue weighted by Gasteiger charge is -2.30. The number of aromatic nitrogens is 4. The van der Waals surface area contributed by atoms with E-state index in [4.69, 9.17) is 15.0 Å². The molecule has 10 heteroatoms. The van der Waals surface area contributed by atoms with Crippen LogP contribution in [0.5, 0.6) is 0 Å². The smallest absolute Gasteiger partial charge is 0.224 e. The molecule has 3 aliphatic rings. The number of nitrogens with zero attached hydrogens (tertiary/aromatic N) is 4. The summed E-state index contributed by atoms with van der Waals surface area (Å²) in [6.45, 7) is 6.65. The quantitative estimate of drug-likeness (QED) is 0.363. The van der Waals surface area contributed by atoms with E-state index in [9.17, 15) is 8.42 Å². The predicted molar refractivity (Wildman–Crippen MR) is 150 cm³/mol. The van der Waals surface area contributed by atoms with Crippen molar-refractivity contribution in [2.45, 2.75) is 82.4 Å². The molecule has 2 N–H and O–H groups in total. The Morgan fingerprint density at radius 1 is 1.08 bits per heavy atom. The monoisotopic (exact) mass is 540 g/mol. The fraction of sp³-hybridized carbons (Fsp3) is 0.630. The third-order valence-corrected chi connectivity index (χ3v) is 11.8. The molecule has 3 fully saturated rings. The van der Waals surface area contributed by atoms with Crippen molar-refractivity contribution < 1.29 is 8.42 Å². The molecule has 0 radical (unpaired) electrons. The molecule has 0 aliphatic heterocycles. The van der Waals surface area contributed by atoms with Crippen LogP contribution in [0.15, 0.2) is 12.3 Å². The normalized spacial score (nSPS) is 22.5. The van der Waals surface area contributed by atoms with Gasteiger partial charge in [-0.15, -0.1) is 11.3 Å². The van der Waals surface area contributed by atoms with Gasteiger partial charge < -0.3 is 10.6 Å². The Bertz CT molecular complexity index is 1440. The fourth-order valence-electron chi connectivity index (χ4n) is 5.45. The number of sulfone groups is 1. The number of hydrogen-bond acceptors (Lipinski definition) is 9. The van der Waals surface area contributed by atoms with Crippen molar-refractivity contribution in [2.75, 3.05) is 23.4 Å². The first kappa shape index (κ1) is 25.0. The predicted octanol–water partition coefficient (Wildman–Crippen LogP) is 5.56. The summed E-state index contributed by atoms with van der Waals surface area (Å²) in [5.41, 5.74) is 3.94. The molecular weight excluding hydrogens is 504 g/mol. The number of pyridine rings is 1. The van der Waals surface area contributed by atoms with E-state index in [0.717, 1.165) is 63.8 Å². The van der Waals surface area contributed by atoms with E-state index in [1.807, 2.05) is 33.0 Å². The Labute approximate surface area is 223 Å². The second-order valence-electron chi connectivity index (χ2n) is 11.7. The third kappa shape index (κ3) is 4.94. The zero-order valence-electron chi connectivity index (χ0n) is 22.0. The maximum absolute atomic E-state index is 12.5. The Morgan fingerprint density at radius 2 is 1.86 bits per heavy atom. The largest absolute Gasteiger partial charge is 0.367 e. The van der Waals surface area contributed by atoms with E-state index >= 15 is 0 Å². The van der Waals surface area contributed by atoms with Crippen LogP contribution in [0.25, 0.3) is 20.8 Å². The van der Waals surface area contributed by atoms with Gasteiger partial charge in [-0.2, -0.15) is 4.98 Å². The van der Waals surface area contributed by atoms with Crippen LogP contribution in [0.1, 0.15) is 76.1 Å². The van der Waals surface area contributed by atoms with Gasteiger partial charge in [0.2, 0.25) is 5.95 Å². The van der Waals surface area contributed by atoms with Gasteiger partial charge in [-0.05, 0) is 83.6 Å². The maximum atomic E-state index is 12.5. The van der Waals surface area contributed by atoms with E-state index in [-0.39, 0.29) is 12.0 Å². The Balaban J connectivity index is 1.34. The lowest BCUT2D eigenvalue weighted by Crippen LogP contribution is -2.38. The van der Waals surface area contributed by atoms with E-state index in [0.29, 0.717) is 17.8 Å². The van der Waals surface area contributed by atoms with Crippen LogP contribution in [-0.4, -0.2) is 51.9 Å². The van der Waals surface area contributed by atoms with Crippen molar-refractivity contribution in [3.8, 4) is 10.6 Å². The summed E-state index contributed by atoms with van der Waals surface area (Å²) in [4.78, 5) is 19.5. The SMILES string of the molecule is Cc1nc(NCC2CC2)nc(NC2CCC(C(C)(C)S(C)(=O)=O)C2)c1-c1nc2c(C3CC3)nccc2s1. The van der Waals surface area contributed by atoms with Crippen LogP contribution in [0.2, 0.25) is 0 Å². The van der Waals surface area contributed by atoms with Crippen LogP contribution >= 0.6 is 11.3 Å². The summed E-state index contributed by atoms with van der Waals surface area (Å²) in [6.07, 6.45) is 10.7. The highest BCUT2D eigenvalue weighted by atomic mass is 32.2. The van der Waals surface area contributed by atoms with Crippen LogP contribution in [0.4, 0.5) is 11.8 Å². The molecule has 3 aromatic rings. The number of thiazole rings is 1. The third-order valence-electron chi connectivity index (χ3n) is 8.56. The fourth-order valence-corrected chi connectivity index (χ4v) is 7.33. The van der Waals surface area contributed by atoms with Crippen LogP contribution in [-0.2, 0) is 9.84 Å². The van der Waals surface area contributed by atoms with Crippen molar-refractivity contribution in [1.82, 2.24) is 19.9 Å². The molecule has 0 aromatic carbocycles. The number of nitrogens with one attached hydrogen (secondary N) is 2. The average molecular weight is 541 g/mol. The van der Waals surface area contributed by atoms with Gasteiger partial charge >= 0.3 is 0 Å². The number of fused-ring (bicyclic) bond motifs is 1.